The van der Waals surface area contributed by atoms with Crippen molar-refractivity contribution in [2.24, 2.45) is 0 Å². The van der Waals surface area contributed by atoms with Crippen molar-refractivity contribution in [1.29, 1.82) is 0 Å². The zero-order valence-electron chi connectivity index (χ0n) is 6.12. The summed E-state index contributed by atoms with van der Waals surface area (Å²) in [5, 5.41) is 34.3. The molecule has 0 aliphatic heterocycles. The van der Waals surface area contributed by atoms with Crippen LogP contribution in [0.5, 0.6) is 0 Å². The van der Waals surface area contributed by atoms with E-state index in [-0.39, 0.29) is 6.29 Å². The highest BCUT2D eigenvalue weighted by molar-refractivity contribution is 5.72. The summed E-state index contributed by atoms with van der Waals surface area (Å²) in [5.41, 5.74) is 0. The molecule has 0 aromatic rings. The number of carbonyl (C=O) groups excluding carboxylic acids is 1. The number of rotatable bonds is 5. The standard InChI is InChI=1S/C6H10O6/c7-2-3(8)1-4(9)5(10)6(11)12/h2-5,8-10H,1H2,(H,11,12)/t3-,4-,5+/m0/s1. The van der Waals surface area contributed by atoms with Crippen LogP contribution in [-0.2, 0) is 9.59 Å². The largest absolute Gasteiger partial charge is 0.479 e. The normalized spacial score (nSPS) is 17.9. The average molecular weight is 178 g/mol. The van der Waals surface area contributed by atoms with Crippen molar-refractivity contribution in [2.45, 2.75) is 24.7 Å². The first-order valence-corrected chi connectivity index (χ1v) is 3.21. The summed E-state index contributed by atoms with van der Waals surface area (Å²) in [6, 6.07) is 0. The molecule has 0 bridgehead atoms. The molecule has 6 nitrogen and oxygen atoms in total. The smallest absolute Gasteiger partial charge is 0.335 e. The summed E-state index contributed by atoms with van der Waals surface area (Å²) in [6.07, 6.45) is -5.40. The molecule has 0 saturated heterocycles. The zero-order valence-corrected chi connectivity index (χ0v) is 6.12. The Bertz CT molecular complexity index is 167. The Morgan fingerprint density at radius 3 is 2.17 bits per heavy atom. The molecule has 0 saturated carbocycles. The monoisotopic (exact) mass is 178 g/mol. The number of aliphatic hydroxyl groups excluding tert-OH is 3. The second-order valence-corrected chi connectivity index (χ2v) is 2.29. The van der Waals surface area contributed by atoms with Gasteiger partial charge in [-0.1, -0.05) is 0 Å². The van der Waals surface area contributed by atoms with Crippen molar-refractivity contribution in [3.8, 4) is 0 Å². The van der Waals surface area contributed by atoms with Crippen LogP contribution in [0.1, 0.15) is 6.42 Å². The fourth-order valence-corrected chi connectivity index (χ4v) is 0.596. The molecule has 0 amide bonds. The second kappa shape index (κ2) is 4.81. The molecule has 0 aromatic heterocycles. The number of aliphatic hydroxyl groups is 3. The van der Waals surface area contributed by atoms with E-state index < -0.39 is 30.7 Å². The highest BCUT2D eigenvalue weighted by Gasteiger charge is 2.25. The molecular formula is C6H10O6. The Kier molecular flexibility index (Phi) is 4.42. The highest BCUT2D eigenvalue weighted by Crippen LogP contribution is 2.01. The first-order chi connectivity index (χ1) is 5.49. The van der Waals surface area contributed by atoms with Crippen LogP contribution < -0.4 is 0 Å². The summed E-state index contributed by atoms with van der Waals surface area (Å²) in [6.45, 7) is 0. The molecule has 4 N–H and O–H groups in total. The predicted molar refractivity (Wildman–Crippen MR) is 36.3 cm³/mol. The van der Waals surface area contributed by atoms with E-state index in [2.05, 4.69) is 0 Å². The lowest BCUT2D eigenvalue weighted by atomic mass is 10.1. The van der Waals surface area contributed by atoms with Gasteiger partial charge in [-0.25, -0.2) is 4.79 Å². The minimum absolute atomic E-state index is 0.151. The van der Waals surface area contributed by atoms with Crippen LogP contribution in [0.15, 0.2) is 0 Å². The van der Waals surface area contributed by atoms with Crippen LogP contribution in [0.3, 0.4) is 0 Å². The summed E-state index contributed by atoms with van der Waals surface area (Å²) in [7, 11) is 0. The van der Waals surface area contributed by atoms with E-state index in [0.29, 0.717) is 0 Å². The Balaban J connectivity index is 3.94. The molecule has 0 aromatic carbocycles. The van der Waals surface area contributed by atoms with E-state index >= 15 is 0 Å². The molecule has 0 aliphatic carbocycles. The van der Waals surface area contributed by atoms with Gasteiger partial charge in [0.2, 0.25) is 0 Å². The molecule has 3 atom stereocenters. The SMILES string of the molecule is O=C[C@@H](O)C[C@H](O)[C@@H](O)C(=O)O. The third-order valence-corrected chi connectivity index (χ3v) is 1.26. The third-order valence-electron chi connectivity index (χ3n) is 1.26. The fraction of sp³-hybridized carbons (Fsp3) is 0.667. The number of carbonyl (C=O) groups is 2. The molecular weight excluding hydrogens is 168 g/mol. The van der Waals surface area contributed by atoms with E-state index in [4.69, 9.17) is 20.4 Å². The van der Waals surface area contributed by atoms with E-state index in [1.54, 1.807) is 0 Å². The lowest BCUT2D eigenvalue weighted by Gasteiger charge is -2.14. The molecule has 0 heterocycles. The van der Waals surface area contributed by atoms with Gasteiger partial charge in [0.05, 0.1) is 6.10 Å². The van der Waals surface area contributed by atoms with Gasteiger partial charge in [0, 0.05) is 6.42 Å². The van der Waals surface area contributed by atoms with Gasteiger partial charge in [-0.2, -0.15) is 0 Å². The summed E-state index contributed by atoms with van der Waals surface area (Å²) in [4.78, 5) is 19.9. The second-order valence-electron chi connectivity index (χ2n) is 2.29. The Labute approximate surface area is 68.1 Å². The van der Waals surface area contributed by atoms with Gasteiger partial charge in [0.25, 0.3) is 0 Å². The number of hydrogen-bond donors (Lipinski definition) is 4. The van der Waals surface area contributed by atoms with Crippen LogP contribution in [0.25, 0.3) is 0 Å². The maximum absolute atomic E-state index is 10.0. The van der Waals surface area contributed by atoms with Crippen molar-refractivity contribution >= 4 is 12.3 Å². The van der Waals surface area contributed by atoms with Crippen molar-refractivity contribution in [3.63, 3.8) is 0 Å². The van der Waals surface area contributed by atoms with Crippen molar-refractivity contribution < 1.29 is 30.0 Å². The van der Waals surface area contributed by atoms with Gasteiger partial charge in [-0.3, -0.25) is 0 Å². The van der Waals surface area contributed by atoms with E-state index in [9.17, 15) is 9.59 Å². The molecule has 0 radical (unpaired) electrons. The maximum Gasteiger partial charge on any atom is 0.335 e. The van der Waals surface area contributed by atoms with Gasteiger partial charge >= 0.3 is 5.97 Å². The molecule has 6 heteroatoms. The minimum atomic E-state index is -1.97. The topological polar surface area (TPSA) is 115 Å². The molecule has 0 spiro atoms. The van der Waals surface area contributed by atoms with Gasteiger partial charge in [0.15, 0.2) is 6.10 Å². The summed E-state index contributed by atoms with van der Waals surface area (Å²) < 4.78 is 0. The number of carboxylic acid groups (broad SMARTS) is 1. The Morgan fingerprint density at radius 1 is 1.33 bits per heavy atom. The van der Waals surface area contributed by atoms with Crippen molar-refractivity contribution in [1.82, 2.24) is 0 Å². The van der Waals surface area contributed by atoms with E-state index in [1.807, 2.05) is 0 Å². The zero-order chi connectivity index (χ0) is 9.72. The number of carboxylic acids is 1. The molecule has 70 valence electrons. The predicted octanol–water partition coefficient (Wildman–Crippen LogP) is -2.26. The Hall–Kier alpha value is -0.980. The third kappa shape index (κ3) is 3.42. The molecule has 0 aliphatic rings. The first kappa shape index (κ1) is 11.0. The molecule has 0 unspecified atom stereocenters. The van der Waals surface area contributed by atoms with E-state index in [0.717, 1.165) is 0 Å². The lowest BCUT2D eigenvalue weighted by Crippen LogP contribution is -2.36. The molecule has 0 fully saturated rings. The number of aldehydes is 1. The van der Waals surface area contributed by atoms with Crippen molar-refractivity contribution in [2.75, 3.05) is 0 Å². The van der Waals surface area contributed by atoms with Crippen LogP contribution >= 0.6 is 0 Å². The van der Waals surface area contributed by atoms with Crippen LogP contribution in [0.2, 0.25) is 0 Å². The summed E-state index contributed by atoms with van der Waals surface area (Å²) >= 11 is 0. The fourth-order valence-electron chi connectivity index (χ4n) is 0.596. The van der Waals surface area contributed by atoms with E-state index in [1.165, 1.54) is 0 Å². The Morgan fingerprint density at radius 2 is 1.83 bits per heavy atom. The number of hydrogen-bond acceptors (Lipinski definition) is 5. The summed E-state index contributed by atoms with van der Waals surface area (Å²) in [5.74, 6) is -1.60. The minimum Gasteiger partial charge on any atom is -0.479 e. The van der Waals surface area contributed by atoms with Gasteiger partial charge in [0.1, 0.15) is 12.4 Å². The average Bonchev–Trinajstić information content (AvgIpc) is 2.02. The van der Waals surface area contributed by atoms with Crippen LogP contribution in [-0.4, -0.2) is 51.0 Å². The quantitative estimate of drug-likeness (QED) is 0.353. The lowest BCUT2D eigenvalue weighted by molar-refractivity contribution is -0.154. The highest BCUT2D eigenvalue weighted by atomic mass is 16.4. The van der Waals surface area contributed by atoms with Gasteiger partial charge < -0.3 is 25.2 Å². The van der Waals surface area contributed by atoms with Crippen molar-refractivity contribution in [3.05, 3.63) is 0 Å². The molecule has 0 rings (SSSR count). The van der Waals surface area contributed by atoms with Gasteiger partial charge in [-0.15, -0.1) is 0 Å². The van der Waals surface area contributed by atoms with Crippen LogP contribution in [0, 0.1) is 0 Å². The molecule has 12 heavy (non-hydrogen) atoms. The maximum atomic E-state index is 10.0. The number of aliphatic carboxylic acids is 1. The van der Waals surface area contributed by atoms with Crippen LogP contribution in [0.4, 0.5) is 0 Å². The first-order valence-electron chi connectivity index (χ1n) is 3.21. The van der Waals surface area contributed by atoms with Gasteiger partial charge in [-0.05, 0) is 0 Å².